The minimum atomic E-state index is 0.264. The Morgan fingerprint density at radius 3 is 2.64 bits per heavy atom. The summed E-state index contributed by atoms with van der Waals surface area (Å²) in [5.41, 5.74) is 0. The third kappa shape index (κ3) is 12.2. The molecule has 0 fully saturated rings. The van der Waals surface area contributed by atoms with E-state index in [1.807, 2.05) is 6.92 Å². The Balaban J connectivity index is 2.85. The number of rotatable bonds is 10. The summed E-state index contributed by atoms with van der Waals surface area (Å²) in [6.07, 6.45) is 2.06. The van der Waals surface area contributed by atoms with Crippen LogP contribution in [0.4, 0.5) is 0 Å². The maximum absolute atomic E-state index is 5.80. The molecule has 0 aliphatic heterocycles. The van der Waals surface area contributed by atoms with Gasteiger partial charge in [0, 0.05) is 19.1 Å². The summed E-state index contributed by atoms with van der Waals surface area (Å²) in [4.78, 5) is 0. The third-order valence-corrected chi connectivity index (χ3v) is 2.01. The zero-order chi connectivity index (χ0) is 10.6. The zero-order valence-corrected chi connectivity index (χ0v) is 9.98. The molecular weight excluding hydrogens is 202 g/mol. The summed E-state index contributed by atoms with van der Waals surface area (Å²) in [5.74, 6) is 0. The molecular formula is C10H22ClNO2. The van der Waals surface area contributed by atoms with Crippen LogP contribution in [-0.4, -0.2) is 45.4 Å². The molecule has 0 heterocycles. The highest BCUT2D eigenvalue weighted by Gasteiger charge is 1.94. The highest BCUT2D eigenvalue weighted by atomic mass is 35.5. The zero-order valence-electron chi connectivity index (χ0n) is 9.22. The van der Waals surface area contributed by atoms with E-state index in [1.54, 1.807) is 7.11 Å². The smallest absolute Gasteiger partial charge is 0.0700 e. The molecule has 0 aromatic carbocycles. The summed E-state index contributed by atoms with van der Waals surface area (Å²) in [6.45, 7) is 6.16. The van der Waals surface area contributed by atoms with Gasteiger partial charge in [0.2, 0.25) is 0 Å². The summed E-state index contributed by atoms with van der Waals surface area (Å²) in [5, 5.41) is 3.58. The maximum atomic E-state index is 5.80. The summed E-state index contributed by atoms with van der Waals surface area (Å²) in [6, 6.07) is 0. The van der Waals surface area contributed by atoms with E-state index in [-0.39, 0.29) is 5.38 Å². The minimum Gasteiger partial charge on any atom is -0.382 e. The third-order valence-electron chi connectivity index (χ3n) is 1.79. The lowest BCUT2D eigenvalue weighted by Gasteiger charge is -2.06. The molecule has 0 aliphatic carbocycles. The van der Waals surface area contributed by atoms with Gasteiger partial charge in [0.05, 0.1) is 13.2 Å². The SMILES string of the molecule is COCCOCCCNCCC(C)Cl. The molecule has 1 N–H and O–H groups in total. The largest absolute Gasteiger partial charge is 0.382 e. The van der Waals surface area contributed by atoms with Crippen LogP contribution in [0.3, 0.4) is 0 Å². The van der Waals surface area contributed by atoms with Crippen molar-refractivity contribution >= 4 is 11.6 Å². The summed E-state index contributed by atoms with van der Waals surface area (Å²) >= 11 is 5.80. The molecule has 0 bridgehead atoms. The van der Waals surface area contributed by atoms with Crippen LogP contribution in [0.25, 0.3) is 0 Å². The second-order valence-electron chi connectivity index (χ2n) is 3.28. The Kier molecular flexibility index (Phi) is 11.4. The van der Waals surface area contributed by atoms with E-state index in [4.69, 9.17) is 21.1 Å². The molecule has 14 heavy (non-hydrogen) atoms. The molecule has 86 valence electrons. The fourth-order valence-corrected chi connectivity index (χ4v) is 1.08. The van der Waals surface area contributed by atoms with Crippen LogP contribution in [0.1, 0.15) is 19.8 Å². The Morgan fingerprint density at radius 2 is 2.00 bits per heavy atom. The molecule has 0 spiro atoms. The van der Waals surface area contributed by atoms with Crippen molar-refractivity contribution < 1.29 is 9.47 Å². The van der Waals surface area contributed by atoms with Crippen molar-refractivity contribution in [1.82, 2.24) is 5.32 Å². The first-order chi connectivity index (χ1) is 6.77. The molecule has 1 unspecified atom stereocenters. The van der Waals surface area contributed by atoms with Gasteiger partial charge < -0.3 is 14.8 Å². The molecule has 4 heteroatoms. The van der Waals surface area contributed by atoms with Crippen molar-refractivity contribution in [3.8, 4) is 0 Å². The van der Waals surface area contributed by atoms with Crippen LogP contribution in [0.15, 0.2) is 0 Å². The number of alkyl halides is 1. The first kappa shape index (κ1) is 14.2. The van der Waals surface area contributed by atoms with Crippen molar-refractivity contribution in [1.29, 1.82) is 0 Å². The lowest BCUT2D eigenvalue weighted by Crippen LogP contribution is -2.20. The van der Waals surface area contributed by atoms with E-state index in [0.29, 0.717) is 13.2 Å². The maximum Gasteiger partial charge on any atom is 0.0700 e. The van der Waals surface area contributed by atoms with Crippen LogP contribution < -0.4 is 5.32 Å². The highest BCUT2D eigenvalue weighted by molar-refractivity contribution is 6.20. The molecule has 0 aliphatic rings. The van der Waals surface area contributed by atoms with E-state index < -0.39 is 0 Å². The second kappa shape index (κ2) is 11.2. The Labute approximate surface area is 92.1 Å². The van der Waals surface area contributed by atoms with Crippen LogP contribution in [0.2, 0.25) is 0 Å². The van der Waals surface area contributed by atoms with Crippen molar-refractivity contribution in [3.05, 3.63) is 0 Å². The highest BCUT2D eigenvalue weighted by Crippen LogP contribution is 1.97. The second-order valence-corrected chi connectivity index (χ2v) is 4.02. The van der Waals surface area contributed by atoms with Gasteiger partial charge >= 0.3 is 0 Å². The topological polar surface area (TPSA) is 30.5 Å². The van der Waals surface area contributed by atoms with E-state index in [1.165, 1.54) is 0 Å². The molecule has 0 aromatic heterocycles. The normalized spacial score (nSPS) is 13.1. The number of methoxy groups -OCH3 is 1. The van der Waals surface area contributed by atoms with Gasteiger partial charge in [-0.2, -0.15) is 0 Å². The van der Waals surface area contributed by atoms with E-state index in [0.717, 1.165) is 32.5 Å². The molecule has 0 aromatic rings. The van der Waals surface area contributed by atoms with Crippen molar-refractivity contribution in [2.24, 2.45) is 0 Å². The quantitative estimate of drug-likeness (QED) is 0.451. The van der Waals surface area contributed by atoms with Gasteiger partial charge in [-0.1, -0.05) is 0 Å². The average Bonchev–Trinajstić information content (AvgIpc) is 2.15. The van der Waals surface area contributed by atoms with Gasteiger partial charge in [0.1, 0.15) is 0 Å². The van der Waals surface area contributed by atoms with Crippen molar-refractivity contribution in [2.75, 3.05) is 40.0 Å². The summed E-state index contributed by atoms with van der Waals surface area (Å²) in [7, 11) is 1.68. The monoisotopic (exact) mass is 223 g/mol. The van der Waals surface area contributed by atoms with Gasteiger partial charge in [-0.3, -0.25) is 0 Å². The Morgan fingerprint density at radius 1 is 1.21 bits per heavy atom. The molecule has 0 rings (SSSR count). The van der Waals surface area contributed by atoms with Crippen LogP contribution in [0, 0.1) is 0 Å². The lowest BCUT2D eigenvalue weighted by molar-refractivity contribution is 0.0695. The summed E-state index contributed by atoms with van der Waals surface area (Å²) < 4.78 is 10.2. The van der Waals surface area contributed by atoms with Gasteiger partial charge in [-0.15, -0.1) is 11.6 Å². The first-order valence-corrected chi connectivity index (χ1v) is 5.62. The molecule has 3 nitrogen and oxygen atoms in total. The Bertz CT molecular complexity index is 112. The molecule has 1 atom stereocenters. The number of nitrogens with one attached hydrogen (secondary N) is 1. The number of hydrogen-bond acceptors (Lipinski definition) is 3. The van der Waals surface area contributed by atoms with Gasteiger partial charge in [0.15, 0.2) is 0 Å². The van der Waals surface area contributed by atoms with E-state index in [2.05, 4.69) is 5.32 Å². The number of halogens is 1. The lowest BCUT2D eigenvalue weighted by atomic mass is 10.3. The molecule has 0 amide bonds. The standard InChI is InChI=1S/C10H22ClNO2/c1-10(11)4-6-12-5-3-7-14-9-8-13-2/h10,12H,3-9H2,1-2H3. The Hall–Kier alpha value is 0.170. The molecule has 0 radical (unpaired) electrons. The van der Waals surface area contributed by atoms with Gasteiger partial charge in [0.25, 0.3) is 0 Å². The predicted molar refractivity (Wildman–Crippen MR) is 60.1 cm³/mol. The van der Waals surface area contributed by atoms with Crippen molar-refractivity contribution in [3.63, 3.8) is 0 Å². The average molecular weight is 224 g/mol. The fraction of sp³-hybridized carbons (Fsp3) is 1.00. The molecule has 0 saturated heterocycles. The minimum absolute atomic E-state index is 0.264. The van der Waals surface area contributed by atoms with Crippen molar-refractivity contribution in [2.45, 2.75) is 25.1 Å². The number of hydrogen-bond donors (Lipinski definition) is 1. The van der Waals surface area contributed by atoms with Crippen LogP contribution in [0.5, 0.6) is 0 Å². The van der Waals surface area contributed by atoms with Gasteiger partial charge in [-0.05, 0) is 32.9 Å². The number of ether oxygens (including phenoxy) is 2. The predicted octanol–water partition coefficient (Wildman–Crippen LogP) is 1.65. The fourth-order valence-electron chi connectivity index (χ4n) is 0.970. The van der Waals surface area contributed by atoms with E-state index >= 15 is 0 Å². The van der Waals surface area contributed by atoms with Crippen LogP contribution in [-0.2, 0) is 9.47 Å². The van der Waals surface area contributed by atoms with E-state index in [9.17, 15) is 0 Å². The first-order valence-electron chi connectivity index (χ1n) is 5.19. The molecule has 0 saturated carbocycles. The van der Waals surface area contributed by atoms with Crippen LogP contribution >= 0.6 is 11.6 Å². The van der Waals surface area contributed by atoms with Gasteiger partial charge in [-0.25, -0.2) is 0 Å².